The van der Waals surface area contributed by atoms with Crippen molar-refractivity contribution in [2.75, 3.05) is 20.7 Å². The standard InChI is InChI=1S/C14H19N3O/c1-16-8-4-6-11(16)9-13-15-10-12-5-3-7-14(18-2)17(12)13/h3,5,7,10-11H,4,6,8-9H2,1-2H3. The van der Waals surface area contributed by atoms with Crippen LogP contribution in [0.1, 0.15) is 18.7 Å². The number of nitrogens with zero attached hydrogens (tertiary/aromatic N) is 3. The van der Waals surface area contributed by atoms with Crippen molar-refractivity contribution in [1.29, 1.82) is 0 Å². The molecule has 1 unspecified atom stereocenters. The lowest BCUT2D eigenvalue weighted by Crippen LogP contribution is -2.27. The minimum absolute atomic E-state index is 0.612. The van der Waals surface area contributed by atoms with Gasteiger partial charge in [0, 0.05) is 12.5 Å². The third-order valence-electron chi connectivity index (χ3n) is 3.89. The van der Waals surface area contributed by atoms with Crippen LogP contribution >= 0.6 is 0 Å². The summed E-state index contributed by atoms with van der Waals surface area (Å²) in [4.78, 5) is 6.99. The fourth-order valence-electron chi connectivity index (χ4n) is 2.83. The van der Waals surface area contributed by atoms with E-state index in [1.807, 2.05) is 18.3 Å². The number of hydrogen-bond donors (Lipinski definition) is 0. The molecule has 0 radical (unpaired) electrons. The van der Waals surface area contributed by atoms with E-state index in [1.165, 1.54) is 19.4 Å². The fraction of sp³-hybridized carbons (Fsp3) is 0.500. The molecular formula is C14H19N3O. The molecule has 2 aromatic rings. The van der Waals surface area contributed by atoms with Crippen molar-refractivity contribution in [3.05, 3.63) is 30.2 Å². The minimum atomic E-state index is 0.612. The van der Waals surface area contributed by atoms with Crippen LogP contribution in [0.3, 0.4) is 0 Å². The topological polar surface area (TPSA) is 29.8 Å². The summed E-state index contributed by atoms with van der Waals surface area (Å²) in [6.07, 6.45) is 5.47. The third-order valence-corrected chi connectivity index (χ3v) is 3.89. The second-order valence-electron chi connectivity index (χ2n) is 4.98. The zero-order chi connectivity index (χ0) is 12.5. The number of methoxy groups -OCH3 is 1. The number of likely N-dealkylation sites (tertiary alicyclic amines) is 1. The second kappa shape index (κ2) is 4.61. The van der Waals surface area contributed by atoms with E-state index in [4.69, 9.17) is 4.74 Å². The molecule has 1 saturated heterocycles. The van der Waals surface area contributed by atoms with Crippen molar-refractivity contribution in [3.8, 4) is 5.88 Å². The highest BCUT2D eigenvalue weighted by atomic mass is 16.5. The van der Waals surface area contributed by atoms with Gasteiger partial charge in [0.1, 0.15) is 5.82 Å². The van der Waals surface area contributed by atoms with E-state index < -0.39 is 0 Å². The maximum atomic E-state index is 5.43. The number of imidazole rings is 1. The lowest BCUT2D eigenvalue weighted by molar-refractivity contribution is 0.304. The number of likely N-dealkylation sites (N-methyl/N-ethyl adjacent to an activating group) is 1. The van der Waals surface area contributed by atoms with Gasteiger partial charge in [0.15, 0.2) is 5.88 Å². The van der Waals surface area contributed by atoms with Gasteiger partial charge in [-0.2, -0.15) is 0 Å². The van der Waals surface area contributed by atoms with Crippen molar-refractivity contribution >= 4 is 5.52 Å². The zero-order valence-electron chi connectivity index (χ0n) is 11.0. The molecule has 3 rings (SSSR count). The van der Waals surface area contributed by atoms with Crippen molar-refractivity contribution < 1.29 is 4.74 Å². The summed E-state index contributed by atoms with van der Waals surface area (Å²) in [5.74, 6) is 1.96. The largest absolute Gasteiger partial charge is 0.482 e. The first-order valence-corrected chi connectivity index (χ1v) is 6.49. The van der Waals surface area contributed by atoms with Gasteiger partial charge in [-0.25, -0.2) is 4.98 Å². The van der Waals surface area contributed by atoms with Crippen LogP contribution in [0.2, 0.25) is 0 Å². The monoisotopic (exact) mass is 245 g/mol. The van der Waals surface area contributed by atoms with Gasteiger partial charge in [-0.05, 0) is 38.6 Å². The van der Waals surface area contributed by atoms with Crippen LogP contribution in [0.4, 0.5) is 0 Å². The molecule has 0 aliphatic carbocycles. The Kier molecular flexibility index (Phi) is 2.96. The highest BCUT2D eigenvalue weighted by molar-refractivity contribution is 5.49. The minimum Gasteiger partial charge on any atom is -0.482 e. The predicted octanol–water partition coefficient (Wildman–Crippen LogP) is 1.98. The van der Waals surface area contributed by atoms with E-state index in [2.05, 4.69) is 27.4 Å². The summed E-state index contributed by atoms with van der Waals surface area (Å²) >= 11 is 0. The Hall–Kier alpha value is -1.55. The highest BCUT2D eigenvalue weighted by Crippen LogP contribution is 2.22. The van der Waals surface area contributed by atoms with E-state index in [1.54, 1.807) is 7.11 Å². The molecule has 3 heterocycles. The Morgan fingerprint density at radius 3 is 3.06 bits per heavy atom. The van der Waals surface area contributed by atoms with E-state index in [-0.39, 0.29) is 0 Å². The lowest BCUT2D eigenvalue weighted by Gasteiger charge is -2.18. The average molecular weight is 245 g/mol. The number of aromatic nitrogens is 2. The number of rotatable bonds is 3. The number of fused-ring (bicyclic) bond motifs is 1. The quantitative estimate of drug-likeness (QED) is 0.828. The average Bonchev–Trinajstić information content (AvgIpc) is 2.97. The van der Waals surface area contributed by atoms with Crippen LogP contribution < -0.4 is 4.74 Å². The van der Waals surface area contributed by atoms with Crippen molar-refractivity contribution in [2.45, 2.75) is 25.3 Å². The Bertz CT molecular complexity index is 549. The number of pyridine rings is 1. The Labute approximate surface area is 107 Å². The van der Waals surface area contributed by atoms with Crippen LogP contribution in [-0.4, -0.2) is 41.0 Å². The Balaban J connectivity index is 1.96. The lowest BCUT2D eigenvalue weighted by atomic mass is 10.1. The molecule has 1 atom stereocenters. The van der Waals surface area contributed by atoms with Crippen molar-refractivity contribution in [1.82, 2.24) is 14.3 Å². The van der Waals surface area contributed by atoms with Gasteiger partial charge in [0.2, 0.25) is 0 Å². The van der Waals surface area contributed by atoms with Crippen LogP contribution in [0.25, 0.3) is 5.52 Å². The molecule has 0 aromatic carbocycles. The van der Waals surface area contributed by atoms with Gasteiger partial charge in [-0.3, -0.25) is 4.40 Å². The fourth-order valence-corrected chi connectivity index (χ4v) is 2.83. The van der Waals surface area contributed by atoms with E-state index in [0.29, 0.717) is 6.04 Å². The summed E-state index contributed by atoms with van der Waals surface area (Å²) < 4.78 is 7.54. The van der Waals surface area contributed by atoms with Crippen LogP contribution in [0.5, 0.6) is 5.88 Å². The van der Waals surface area contributed by atoms with Crippen molar-refractivity contribution in [3.63, 3.8) is 0 Å². The van der Waals surface area contributed by atoms with Crippen LogP contribution in [0.15, 0.2) is 24.4 Å². The van der Waals surface area contributed by atoms with E-state index in [0.717, 1.165) is 23.6 Å². The molecular weight excluding hydrogens is 226 g/mol. The molecule has 4 heteroatoms. The van der Waals surface area contributed by atoms with Crippen LogP contribution in [0, 0.1) is 0 Å². The molecule has 0 spiro atoms. The third kappa shape index (κ3) is 1.86. The first kappa shape index (κ1) is 11.5. The molecule has 18 heavy (non-hydrogen) atoms. The van der Waals surface area contributed by atoms with Gasteiger partial charge < -0.3 is 9.64 Å². The second-order valence-corrected chi connectivity index (χ2v) is 4.98. The Morgan fingerprint density at radius 2 is 2.33 bits per heavy atom. The number of hydrogen-bond acceptors (Lipinski definition) is 3. The molecule has 1 fully saturated rings. The summed E-state index contributed by atoms with van der Waals surface area (Å²) in [5, 5.41) is 0. The SMILES string of the molecule is COc1cccc2cnc(CC3CCCN3C)n12. The first-order chi connectivity index (χ1) is 8.79. The van der Waals surface area contributed by atoms with Gasteiger partial charge in [0.05, 0.1) is 18.8 Å². The molecule has 1 aliphatic heterocycles. The van der Waals surface area contributed by atoms with Gasteiger partial charge in [-0.15, -0.1) is 0 Å². The molecule has 0 bridgehead atoms. The predicted molar refractivity (Wildman–Crippen MR) is 71.1 cm³/mol. The van der Waals surface area contributed by atoms with Crippen LogP contribution in [-0.2, 0) is 6.42 Å². The summed E-state index contributed by atoms with van der Waals surface area (Å²) in [5.41, 5.74) is 1.10. The van der Waals surface area contributed by atoms with E-state index in [9.17, 15) is 0 Å². The first-order valence-electron chi connectivity index (χ1n) is 6.49. The molecule has 0 N–H and O–H groups in total. The molecule has 4 nitrogen and oxygen atoms in total. The summed E-state index contributed by atoms with van der Waals surface area (Å²) in [7, 11) is 3.91. The zero-order valence-corrected chi connectivity index (χ0v) is 11.0. The highest BCUT2D eigenvalue weighted by Gasteiger charge is 2.23. The molecule has 1 aliphatic rings. The van der Waals surface area contributed by atoms with E-state index >= 15 is 0 Å². The van der Waals surface area contributed by atoms with Gasteiger partial charge >= 0.3 is 0 Å². The summed E-state index contributed by atoms with van der Waals surface area (Å²) in [6, 6.07) is 6.66. The molecule has 96 valence electrons. The van der Waals surface area contributed by atoms with Crippen molar-refractivity contribution in [2.24, 2.45) is 0 Å². The number of ether oxygens (including phenoxy) is 1. The smallest absolute Gasteiger partial charge is 0.199 e. The molecule has 0 saturated carbocycles. The maximum absolute atomic E-state index is 5.43. The van der Waals surface area contributed by atoms with Gasteiger partial charge in [0.25, 0.3) is 0 Å². The normalized spacial score (nSPS) is 20.7. The summed E-state index contributed by atoms with van der Waals surface area (Å²) in [6.45, 7) is 1.20. The van der Waals surface area contributed by atoms with Gasteiger partial charge in [-0.1, -0.05) is 6.07 Å². The Morgan fingerprint density at radius 1 is 1.44 bits per heavy atom. The molecule has 2 aromatic heterocycles. The molecule has 0 amide bonds. The maximum Gasteiger partial charge on any atom is 0.199 e.